The zero-order valence-electron chi connectivity index (χ0n) is 9.26. The van der Waals surface area contributed by atoms with Crippen LogP contribution < -0.4 is 5.32 Å². The van der Waals surface area contributed by atoms with E-state index in [0.29, 0.717) is 6.42 Å². The Morgan fingerprint density at radius 2 is 2.18 bits per heavy atom. The molecule has 5 nitrogen and oxygen atoms in total. The number of hydrogen-bond donors (Lipinski definition) is 3. The number of rotatable bonds is 7. The van der Waals surface area contributed by atoms with Gasteiger partial charge in [0.25, 0.3) is 0 Å². The molecular weight excluding hydrogens is 242 g/mol. The Hall–Kier alpha value is -1.40. The highest BCUT2D eigenvalue weighted by Crippen LogP contribution is 2.15. The van der Waals surface area contributed by atoms with Gasteiger partial charge >= 0.3 is 5.97 Å². The molecule has 1 aromatic rings. The maximum atomic E-state index is 11.3. The molecule has 0 aliphatic carbocycles. The number of aliphatic hydroxyl groups is 1. The van der Waals surface area contributed by atoms with Crippen molar-refractivity contribution >= 4 is 23.2 Å². The summed E-state index contributed by atoms with van der Waals surface area (Å²) in [5, 5.41) is 24.3. The molecule has 3 N–H and O–H groups in total. The van der Waals surface area contributed by atoms with Gasteiger partial charge in [0, 0.05) is 19.4 Å². The summed E-state index contributed by atoms with van der Waals surface area (Å²) in [7, 11) is 0. The number of carboxylic acids is 1. The maximum Gasteiger partial charge on any atom is 0.303 e. The van der Waals surface area contributed by atoms with E-state index in [4.69, 9.17) is 5.11 Å². The molecule has 1 rings (SSSR count). The first-order valence-corrected chi connectivity index (χ1v) is 6.22. The predicted octanol–water partition coefficient (Wildman–Crippen LogP) is 1.15. The summed E-state index contributed by atoms with van der Waals surface area (Å²) >= 11 is 1.48. The number of hydrogen-bond acceptors (Lipinski definition) is 4. The molecule has 0 saturated heterocycles. The molecular formula is C11H15NO4S. The normalized spacial score (nSPS) is 12.1. The van der Waals surface area contributed by atoms with Crippen LogP contribution in [0.1, 0.15) is 30.9 Å². The summed E-state index contributed by atoms with van der Waals surface area (Å²) in [6.45, 7) is 0.155. The van der Waals surface area contributed by atoms with E-state index in [0.717, 1.165) is 5.56 Å². The molecule has 17 heavy (non-hydrogen) atoms. The van der Waals surface area contributed by atoms with E-state index < -0.39 is 12.1 Å². The lowest BCUT2D eigenvalue weighted by atomic mass is 10.2. The van der Waals surface area contributed by atoms with Crippen LogP contribution in [0, 0.1) is 0 Å². The molecule has 0 aromatic carbocycles. The van der Waals surface area contributed by atoms with E-state index in [9.17, 15) is 14.7 Å². The second kappa shape index (κ2) is 7.03. The van der Waals surface area contributed by atoms with E-state index in [2.05, 4.69) is 5.32 Å². The lowest BCUT2D eigenvalue weighted by Gasteiger charge is -2.10. The first-order valence-electron chi connectivity index (χ1n) is 5.28. The largest absolute Gasteiger partial charge is 0.481 e. The number of aliphatic hydroxyl groups excluding tert-OH is 1. The minimum Gasteiger partial charge on any atom is -0.481 e. The third-order valence-corrected chi connectivity index (χ3v) is 2.92. The molecule has 6 heteroatoms. The van der Waals surface area contributed by atoms with Crippen LogP contribution in [0.25, 0.3) is 0 Å². The highest BCUT2D eigenvalue weighted by Gasteiger charge is 2.09. The fourth-order valence-electron chi connectivity index (χ4n) is 1.28. The van der Waals surface area contributed by atoms with Crippen LogP contribution in [0.4, 0.5) is 0 Å². The third kappa shape index (κ3) is 5.46. The zero-order chi connectivity index (χ0) is 12.7. The SMILES string of the molecule is O=C(O)CCCC(=O)NCC(O)c1ccsc1. The van der Waals surface area contributed by atoms with Gasteiger partial charge in [-0.25, -0.2) is 0 Å². The number of nitrogens with one attached hydrogen (secondary N) is 1. The van der Waals surface area contributed by atoms with Gasteiger partial charge in [-0.1, -0.05) is 0 Å². The van der Waals surface area contributed by atoms with Crippen LogP contribution in [0.5, 0.6) is 0 Å². The van der Waals surface area contributed by atoms with Gasteiger partial charge in [-0.05, 0) is 28.8 Å². The number of carbonyl (C=O) groups is 2. The van der Waals surface area contributed by atoms with Crippen molar-refractivity contribution in [3.8, 4) is 0 Å². The minimum atomic E-state index is -0.906. The monoisotopic (exact) mass is 257 g/mol. The van der Waals surface area contributed by atoms with Crippen LogP contribution in [-0.4, -0.2) is 28.6 Å². The Kier molecular flexibility index (Phi) is 5.65. The van der Waals surface area contributed by atoms with Gasteiger partial charge in [0.1, 0.15) is 0 Å². The molecule has 1 heterocycles. The Morgan fingerprint density at radius 3 is 2.76 bits per heavy atom. The molecule has 1 atom stereocenters. The lowest BCUT2D eigenvalue weighted by Crippen LogP contribution is -2.28. The molecule has 94 valence electrons. The Bertz CT molecular complexity index is 364. The molecule has 1 aromatic heterocycles. The number of carbonyl (C=O) groups excluding carboxylic acids is 1. The van der Waals surface area contributed by atoms with Crippen LogP contribution in [-0.2, 0) is 9.59 Å². The quantitative estimate of drug-likeness (QED) is 0.684. The van der Waals surface area contributed by atoms with Crippen LogP contribution in [0.3, 0.4) is 0 Å². The van der Waals surface area contributed by atoms with Crippen molar-refractivity contribution in [2.45, 2.75) is 25.4 Å². The van der Waals surface area contributed by atoms with E-state index in [1.165, 1.54) is 11.3 Å². The maximum absolute atomic E-state index is 11.3. The highest BCUT2D eigenvalue weighted by atomic mass is 32.1. The standard InChI is InChI=1S/C11H15NO4S/c13-9(8-4-5-17-7-8)6-12-10(14)2-1-3-11(15)16/h4-5,7,9,13H,1-3,6H2,(H,12,14)(H,15,16). The third-order valence-electron chi connectivity index (χ3n) is 2.22. The van der Waals surface area contributed by atoms with Crippen molar-refractivity contribution in [2.24, 2.45) is 0 Å². The summed E-state index contributed by atoms with van der Waals surface area (Å²) in [4.78, 5) is 21.5. The number of thiophene rings is 1. The van der Waals surface area contributed by atoms with Crippen LogP contribution in [0.15, 0.2) is 16.8 Å². The molecule has 0 radical (unpaired) electrons. The summed E-state index contributed by atoms with van der Waals surface area (Å²) < 4.78 is 0. The van der Waals surface area contributed by atoms with E-state index in [1.807, 2.05) is 10.8 Å². The molecule has 0 spiro atoms. The summed E-state index contributed by atoms with van der Waals surface area (Å²) in [6, 6.07) is 1.80. The van der Waals surface area contributed by atoms with E-state index in [1.54, 1.807) is 6.07 Å². The van der Waals surface area contributed by atoms with Crippen LogP contribution in [0.2, 0.25) is 0 Å². The van der Waals surface area contributed by atoms with Crippen molar-refractivity contribution < 1.29 is 19.8 Å². The van der Waals surface area contributed by atoms with Gasteiger partial charge in [-0.3, -0.25) is 9.59 Å². The molecule has 1 amide bonds. The summed E-state index contributed by atoms with van der Waals surface area (Å²) in [6.07, 6.45) is -0.233. The number of carboxylic acid groups (broad SMARTS) is 1. The molecule has 0 aliphatic heterocycles. The Morgan fingerprint density at radius 1 is 1.41 bits per heavy atom. The van der Waals surface area contributed by atoms with Gasteiger partial charge in [0.15, 0.2) is 0 Å². The predicted molar refractivity (Wildman–Crippen MR) is 63.8 cm³/mol. The second-order valence-corrected chi connectivity index (χ2v) is 4.40. The van der Waals surface area contributed by atoms with Crippen LogP contribution >= 0.6 is 11.3 Å². The van der Waals surface area contributed by atoms with Gasteiger partial charge in [0.05, 0.1) is 6.10 Å². The smallest absolute Gasteiger partial charge is 0.303 e. The van der Waals surface area contributed by atoms with Crippen molar-refractivity contribution in [1.29, 1.82) is 0 Å². The van der Waals surface area contributed by atoms with Crippen molar-refractivity contribution in [1.82, 2.24) is 5.32 Å². The zero-order valence-corrected chi connectivity index (χ0v) is 10.1. The van der Waals surface area contributed by atoms with Crippen molar-refractivity contribution in [3.63, 3.8) is 0 Å². The fraction of sp³-hybridized carbons (Fsp3) is 0.455. The minimum absolute atomic E-state index is 0.0134. The first-order chi connectivity index (χ1) is 8.09. The molecule has 1 unspecified atom stereocenters. The number of aliphatic carboxylic acids is 1. The lowest BCUT2D eigenvalue weighted by molar-refractivity contribution is -0.137. The highest BCUT2D eigenvalue weighted by molar-refractivity contribution is 7.07. The van der Waals surface area contributed by atoms with Gasteiger partial charge < -0.3 is 15.5 Å². The van der Waals surface area contributed by atoms with Gasteiger partial charge in [0.2, 0.25) is 5.91 Å². The second-order valence-electron chi connectivity index (χ2n) is 3.62. The first kappa shape index (κ1) is 13.7. The Balaban J connectivity index is 2.17. The molecule has 0 fully saturated rings. The van der Waals surface area contributed by atoms with E-state index in [-0.39, 0.29) is 25.3 Å². The average molecular weight is 257 g/mol. The summed E-state index contributed by atoms with van der Waals surface area (Å²) in [5.41, 5.74) is 0.779. The van der Waals surface area contributed by atoms with Crippen molar-refractivity contribution in [2.75, 3.05) is 6.54 Å². The number of amides is 1. The topological polar surface area (TPSA) is 86.6 Å². The van der Waals surface area contributed by atoms with Gasteiger partial charge in [-0.15, -0.1) is 0 Å². The Labute approximate surface area is 103 Å². The summed E-state index contributed by atoms with van der Waals surface area (Å²) in [5.74, 6) is -1.14. The van der Waals surface area contributed by atoms with Crippen molar-refractivity contribution in [3.05, 3.63) is 22.4 Å². The molecule has 0 saturated carbocycles. The fourth-order valence-corrected chi connectivity index (χ4v) is 1.99. The average Bonchev–Trinajstić information content (AvgIpc) is 2.78. The van der Waals surface area contributed by atoms with Gasteiger partial charge in [-0.2, -0.15) is 11.3 Å². The van der Waals surface area contributed by atoms with E-state index >= 15 is 0 Å². The molecule has 0 bridgehead atoms. The molecule has 0 aliphatic rings.